The van der Waals surface area contributed by atoms with Crippen LogP contribution in [-0.2, 0) is 19.1 Å². The molecule has 2 aliphatic rings. The molecule has 3 rings (SSSR count). The second-order valence-electron chi connectivity index (χ2n) is 8.06. The number of ether oxygens (including phenoxy) is 1. The Morgan fingerprint density at radius 1 is 1.22 bits per heavy atom. The molecule has 2 saturated heterocycles. The van der Waals surface area contributed by atoms with Crippen LogP contribution in [0.4, 0.5) is 4.79 Å². The van der Waals surface area contributed by atoms with Gasteiger partial charge >= 0.3 is 12.1 Å². The van der Waals surface area contributed by atoms with Crippen LogP contribution in [0.5, 0.6) is 0 Å². The van der Waals surface area contributed by atoms with E-state index in [1.165, 1.54) is 9.80 Å². The van der Waals surface area contributed by atoms with E-state index in [-0.39, 0.29) is 13.2 Å². The fourth-order valence-electron chi connectivity index (χ4n) is 4.21. The lowest BCUT2D eigenvalue weighted by atomic mass is 10.1. The van der Waals surface area contributed by atoms with Gasteiger partial charge in [0.1, 0.15) is 25.2 Å². The predicted molar refractivity (Wildman–Crippen MR) is 114 cm³/mol. The van der Waals surface area contributed by atoms with Crippen molar-refractivity contribution in [2.75, 3.05) is 26.2 Å². The quantitative estimate of drug-likeness (QED) is 0.453. The van der Waals surface area contributed by atoms with Crippen LogP contribution in [0, 0.1) is 0 Å². The predicted octanol–water partition coefficient (Wildman–Crippen LogP) is 0.869. The largest absolute Gasteiger partial charge is 0.480 e. The Hall–Kier alpha value is -3.14. The minimum Gasteiger partial charge on any atom is -0.480 e. The summed E-state index contributed by atoms with van der Waals surface area (Å²) in [6.07, 6.45) is 2.03. The van der Waals surface area contributed by atoms with Crippen LogP contribution >= 0.6 is 0 Å². The summed E-state index contributed by atoms with van der Waals surface area (Å²) in [7, 11) is 0. The summed E-state index contributed by atoms with van der Waals surface area (Å²) in [6, 6.07) is 7.12. The number of carboxylic acid groups (broad SMARTS) is 1. The van der Waals surface area contributed by atoms with Crippen LogP contribution in [0.1, 0.15) is 43.7 Å². The number of unbranched alkanes of at least 4 members (excludes halogenated alkanes) is 1. The third kappa shape index (κ3) is 5.56. The fraction of sp³-hybridized carbons (Fsp3) is 0.545. The normalized spacial score (nSPS) is 21.3. The molecule has 174 valence electrons. The number of nitrogens with two attached hydrogens (primary N) is 1. The fourth-order valence-corrected chi connectivity index (χ4v) is 4.21. The molecule has 0 aromatic heterocycles. The highest BCUT2D eigenvalue weighted by Gasteiger charge is 2.39. The summed E-state index contributed by atoms with van der Waals surface area (Å²) in [4.78, 5) is 52.3. The molecule has 10 nitrogen and oxygen atoms in total. The molecule has 0 saturated carbocycles. The van der Waals surface area contributed by atoms with Crippen LogP contribution in [0.3, 0.4) is 0 Å². The van der Waals surface area contributed by atoms with E-state index in [9.17, 15) is 24.3 Å². The van der Waals surface area contributed by atoms with Crippen LogP contribution in [0.15, 0.2) is 30.3 Å². The van der Waals surface area contributed by atoms with Gasteiger partial charge in [0.05, 0.1) is 6.04 Å². The molecule has 0 spiro atoms. The van der Waals surface area contributed by atoms with Crippen molar-refractivity contribution in [3.63, 3.8) is 0 Å². The number of hydrogen-bond acceptors (Lipinski definition) is 6. The number of carboxylic acids is 1. The number of likely N-dealkylation sites (tertiary alicyclic amines) is 1. The molecular weight excluding hydrogens is 416 g/mol. The Labute approximate surface area is 186 Å². The number of nitrogens with one attached hydrogen (secondary N) is 1. The van der Waals surface area contributed by atoms with Crippen molar-refractivity contribution in [2.45, 2.75) is 50.2 Å². The number of aliphatic carboxylic acids is 1. The molecule has 2 heterocycles. The summed E-state index contributed by atoms with van der Waals surface area (Å²) in [5, 5.41) is 12.1. The summed E-state index contributed by atoms with van der Waals surface area (Å²) < 4.78 is 5.14. The Balaban J connectivity index is 1.68. The Bertz CT molecular complexity index is 833. The highest BCUT2D eigenvalue weighted by Crippen LogP contribution is 2.27. The Morgan fingerprint density at radius 3 is 2.66 bits per heavy atom. The molecule has 0 radical (unpaired) electrons. The molecule has 2 aliphatic heterocycles. The van der Waals surface area contributed by atoms with Crippen molar-refractivity contribution in [1.29, 1.82) is 0 Å². The molecule has 32 heavy (non-hydrogen) atoms. The van der Waals surface area contributed by atoms with Crippen LogP contribution in [0.25, 0.3) is 0 Å². The van der Waals surface area contributed by atoms with Gasteiger partial charge < -0.3 is 25.8 Å². The second-order valence-corrected chi connectivity index (χ2v) is 8.06. The molecule has 3 amide bonds. The maximum atomic E-state index is 13.1. The summed E-state index contributed by atoms with van der Waals surface area (Å²) in [6.45, 7) is 0.673. The zero-order chi connectivity index (χ0) is 23.1. The van der Waals surface area contributed by atoms with Gasteiger partial charge in [0, 0.05) is 6.54 Å². The zero-order valence-corrected chi connectivity index (χ0v) is 17.9. The third-order valence-electron chi connectivity index (χ3n) is 5.87. The van der Waals surface area contributed by atoms with Crippen LogP contribution in [-0.4, -0.2) is 77.1 Å². The van der Waals surface area contributed by atoms with Gasteiger partial charge in [-0.05, 0) is 44.2 Å². The van der Waals surface area contributed by atoms with Gasteiger partial charge in [-0.3, -0.25) is 14.5 Å². The van der Waals surface area contributed by atoms with Crippen molar-refractivity contribution in [2.24, 2.45) is 5.73 Å². The number of amides is 3. The van der Waals surface area contributed by atoms with E-state index in [4.69, 9.17) is 10.5 Å². The van der Waals surface area contributed by atoms with Crippen molar-refractivity contribution < 1.29 is 29.0 Å². The SMILES string of the molecule is NCCCC[C@H](NC(=O)CN1C(=O)OCC1c1ccccc1)C(=O)N1CCC[C@H]1C(=O)O. The Kier molecular flexibility index (Phi) is 8.04. The highest BCUT2D eigenvalue weighted by molar-refractivity contribution is 5.92. The molecular formula is C22H30N4O6. The molecule has 1 aromatic rings. The van der Waals surface area contributed by atoms with Gasteiger partial charge in [0.25, 0.3) is 0 Å². The monoisotopic (exact) mass is 446 g/mol. The first-order valence-corrected chi connectivity index (χ1v) is 10.9. The zero-order valence-electron chi connectivity index (χ0n) is 17.9. The number of cyclic esters (lactones) is 1. The maximum Gasteiger partial charge on any atom is 0.410 e. The minimum atomic E-state index is -1.05. The number of benzene rings is 1. The molecule has 0 bridgehead atoms. The number of nitrogens with zero attached hydrogens (tertiary/aromatic N) is 2. The molecule has 2 fully saturated rings. The topological polar surface area (TPSA) is 142 Å². The van der Waals surface area contributed by atoms with E-state index in [1.54, 1.807) is 0 Å². The first kappa shape index (κ1) is 23.5. The van der Waals surface area contributed by atoms with Gasteiger partial charge in [0.15, 0.2) is 0 Å². The standard InChI is InChI=1S/C22H30N4O6/c23-11-5-4-9-16(20(28)25-12-6-10-17(25)21(29)30)24-19(27)13-26-18(14-32-22(26)31)15-7-2-1-3-8-15/h1-3,7-8,16-18H,4-6,9-14,23H2,(H,24,27)(H,29,30)/t16-,17-,18?/m0/s1. The van der Waals surface area contributed by atoms with Crippen molar-refractivity contribution in [3.05, 3.63) is 35.9 Å². The van der Waals surface area contributed by atoms with E-state index >= 15 is 0 Å². The number of rotatable bonds is 10. The summed E-state index contributed by atoms with van der Waals surface area (Å²) >= 11 is 0. The Morgan fingerprint density at radius 2 is 1.97 bits per heavy atom. The lowest BCUT2D eigenvalue weighted by Crippen LogP contribution is -2.53. The van der Waals surface area contributed by atoms with Crippen LogP contribution < -0.4 is 11.1 Å². The van der Waals surface area contributed by atoms with E-state index < -0.39 is 42.0 Å². The van der Waals surface area contributed by atoms with Crippen molar-refractivity contribution >= 4 is 23.9 Å². The van der Waals surface area contributed by atoms with E-state index in [0.717, 1.165) is 5.56 Å². The molecule has 10 heteroatoms. The van der Waals surface area contributed by atoms with Crippen molar-refractivity contribution in [1.82, 2.24) is 15.1 Å². The van der Waals surface area contributed by atoms with Gasteiger partial charge in [0.2, 0.25) is 11.8 Å². The first-order chi connectivity index (χ1) is 15.4. The van der Waals surface area contributed by atoms with Gasteiger partial charge in [-0.1, -0.05) is 30.3 Å². The molecule has 1 aromatic carbocycles. The number of carbonyl (C=O) groups is 4. The van der Waals surface area contributed by atoms with Gasteiger partial charge in [-0.15, -0.1) is 0 Å². The first-order valence-electron chi connectivity index (χ1n) is 10.9. The average Bonchev–Trinajstić information content (AvgIpc) is 3.41. The van der Waals surface area contributed by atoms with E-state index in [1.807, 2.05) is 30.3 Å². The number of carbonyl (C=O) groups excluding carboxylic acids is 3. The van der Waals surface area contributed by atoms with E-state index in [2.05, 4.69) is 5.32 Å². The lowest BCUT2D eigenvalue weighted by molar-refractivity contribution is -0.149. The third-order valence-corrected chi connectivity index (χ3v) is 5.87. The smallest absolute Gasteiger partial charge is 0.410 e. The second kappa shape index (κ2) is 10.9. The number of hydrogen-bond donors (Lipinski definition) is 3. The maximum absolute atomic E-state index is 13.1. The van der Waals surface area contributed by atoms with E-state index in [0.29, 0.717) is 45.2 Å². The van der Waals surface area contributed by atoms with Gasteiger partial charge in [-0.2, -0.15) is 0 Å². The molecule has 1 unspecified atom stereocenters. The summed E-state index contributed by atoms with van der Waals surface area (Å²) in [5.74, 6) is -1.96. The molecule has 3 atom stereocenters. The minimum absolute atomic E-state index is 0.142. The average molecular weight is 447 g/mol. The van der Waals surface area contributed by atoms with Crippen molar-refractivity contribution in [3.8, 4) is 0 Å². The van der Waals surface area contributed by atoms with Crippen LogP contribution in [0.2, 0.25) is 0 Å². The molecule has 0 aliphatic carbocycles. The lowest BCUT2D eigenvalue weighted by Gasteiger charge is -2.28. The molecule has 4 N–H and O–H groups in total. The van der Waals surface area contributed by atoms with Gasteiger partial charge in [-0.25, -0.2) is 9.59 Å². The summed E-state index contributed by atoms with van der Waals surface area (Å²) in [5.41, 5.74) is 6.40. The highest BCUT2D eigenvalue weighted by atomic mass is 16.6.